The van der Waals surface area contributed by atoms with Gasteiger partial charge in [-0.15, -0.1) is 0 Å². The number of nitrogens with zero attached hydrogens (tertiary/aromatic N) is 1. The van der Waals surface area contributed by atoms with Crippen molar-refractivity contribution >= 4 is 28.2 Å². The van der Waals surface area contributed by atoms with Gasteiger partial charge in [-0.1, -0.05) is 15.9 Å². The van der Waals surface area contributed by atoms with Gasteiger partial charge in [-0.2, -0.15) is 0 Å². The number of rotatable bonds is 2. The van der Waals surface area contributed by atoms with Gasteiger partial charge in [0.15, 0.2) is 6.29 Å². The van der Waals surface area contributed by atoms with Gasteiger partial charge in [0.1, 0.15) is 11.4 Å². The summed E-state index contributed by atoms with van der Waals surface area (Å²) in [7, 11) is 1.26. The predicted octanol–water partition coefficient (Wildman–Crippen LogP) is 1.44. The third-order valence-electron chi connectivity index (χ3n) is 1.33. The van der Waals surface area contributed by atoms with Crippen molar-refractivity contribution in [1.29, 1.82) is 0 Å². The van der Waals surface area contributed by atoms with E-state index in [-0.39, 0.29) is 11.4 Å². The summed E-state index contributed by atoms with van der Waals surface area (Å²) in [6, 6.07) is 3.00. The van der Waals surface area contributed by atoms with E-state index in [2.05, 4.69) is 25.7 Å². The van der Waals surface area contributed by atoms with Gasteiger partial charge in [0, 0.05) is 4.47 Å². The largest absolute Gasteiger partial charge is 0.464 e. The van der Waals surface area contributed by atoms with Crippen LogP contribution in [-0.2, 0) is 4.74 Å². The first kappa shape index (κ1) is 9.85. The molecule has 0 aliphatic rings. The highest BCUT2D eigenvalue weighted by molar-refractivity contribution is 9.10. The van der Waals surface area contributed by atoms with Crippen molar-refractivity contribution < 1.29 is 14.3 Å². The molecule has 1 heterocycles. The SMILES string of the molecule is COC(=O)c1cc(Br)cc(C=O)n1. The van der Waals surface area contributed by atoms with Crippen molar-refractivity contribution in [3.63, 3.8) is 0 Å². The molecule has 1 rings (SSSR count). The smallest absolute Gasteiger partial charge is 0.356 e. The average Bonchev–Trinajstić information content (AvgIpc) is 2.15. The number of esters is 1. The third-order valence-corrected chi connectivity index (χ3v) is 1.78. The fraction of sp³-hybridized carbons (Fsp3) is 0.125. The van der Waals surface area contributed by atoms with E-state index in [0.717, 1.165) is 0 Å². The predicted molar refractivity (Wildman–Crippen MR) is 48.7 cm³/mol. The maximum absolute atomic E-state index is 11.0. The van der Waals surface area contributed by atoms with E-state index in [4.69, 9.17) is 0 Å². The molecule has 0 fully saturated rings. The van der Waals surface area contributed by atoms with Crippen molar-refractivity contribution in [2.75, 3.05) is 7.11 Å². The lowest BCUT2D eigenvalue weighted by Gasteiger charge is -1.99. The van der Waals surface area contributed by atoms with Gasteiger partial charge in [-0.3, -0.25) is 4.79 Å². The first-order valence-electron chi connectivity index (χ1n) is 3.38. The molecule has 0 saturated carbocycles. The molecule has 0 bridgehead atoms. The Morgan fingerprint density at radius 1 is 1.62 bits per heavy atom. The van der Waals surface area contributed by atoms with Gasteiger partial charge in [-0.05, 0) is 12.1 Å². The second-order valence-electron chi connectivity index (χ2n) is 2.20. The number of halogens is 1. The van der Waals surface area contributed by atoms with Crippen LogP contribution < -0.4 is 0 Å². The van der Waals surface area contributed by atoms with Crippen LogP contribution in [0.2, 0.25) is 0 Å². The summed E-state index contributed by atoms with van der Waals surface area (Å²) in [5.41, 5.74) is 0.300. The van der Waals surface area contributed by atoms with Crippen LogP contribution in [0.15, 0.2) is 16.6 Å². The minimum atomic E-state index is -0.565. The standard InChI is InChI=1S/C8H6BrNO3/c1-13-8(12)7-3-5(9)2-6(4-11)10-7/h2-4H,1H3. The summed E-state index contributed by atoms with van der Waals surface area (Å²) >= 11 is 3.14. The molecule has 1 aromatic heterocycles. The molecular formula is C8H6BrNO3. The minimum Gasteiger partial charge on any atom is -0.464 e. The number of hydrogen-bond donors (Lipinski definition) is 0. The maximum Gasteiger partial charge on any atom is 0.356 e. The lowest BCUT2D eigenvalue weighted by molar-refractivity contribution is 0.0594. The van der Waals surface area contributed by atoms with Crippen molar-refractivity contribution in [3.05, 3.63) is 28.0 Å². The molecule has 5 heteroatoms. The summed E-state index contributed by atoms with van der Waals surface area (Å²) < 4.78 is 5.07. The molecule has 0 aliphatic carbocycles. The third kappa shape index (κ3) is 2.35. The van der Waals surface area contributed by atoms with E-state index in [0.29, 0.717) is 10.8 Å². The Morgan fingerprint density at radius 3 is 2.85 bits per heavy atom. The van der Waals surface area contributed by atoms with E-state index in [1.165, 1.54) is 19.2 Å². The molecule has 4 nitrogen and oxygen atoms in total. The second kappa shape index (κ2) is 4.13. The van der Waals surface area contributed by atoms with Crippen molar-refractivity contribution in [2.24, 2.45) is 0 Å². The van der Waals surface area contributed by atoms with Crippen molar-refractivity contribution in [2.45, 2.75) is 0 Å². The molecule has 0 atom stereocenters. The minimum absolute atomic E-state index is 0.110. The first-order chi connectivity index (χ1) is 6.17. The molecule has 0 radical (unpaired) electrons. The van der Waals surface area contributed by atoms with Gasteiger partial charge in [0.25, 0.3) is 0 Å². The molecule has 1 aromatic rings. The van der Waals surface area contributed by atoms with Crippen molar-refractivity contribution in [3.8, 4) is 0 Å². The number of aromatic nitrogens is 1. The Labute approximate surface area is 83.1 Å². The molecule has 0 spiro atoms. The molecule has 0 aromatic carbocycles. The van der Waals surface area contributed by atoms with Crippen LogP contribution in [-0.4, -0.2) is 24.3 Å². The lowest BCUT2D eigenvalue weighted by atomic mass is 10.3. The Kier molecular flexibility index (Phi) is 3.13. The highest BCUT2D eigenvalue weighted by atomic mass is 79.9. The number of pyridine rings is 1. The Balaban J connectivity index is 3.15. The number of methoxy groups -OCH3 is 1. The zero-order chi connectivity index (χ0) is 9.84. The maximum atomic E-state index is 11.0. The Bertz CT molecular complexity index is 351. The topological polar surface area (TPSA) is 56.3 Å². The zero-order valence-electron chi connectivity index (χ0n) is 6.78. The van der Waals surface area contributed by atoms with E-state index in [1.807, 2.05) is 0 Å². The monoisotopic (exact) mass is 243 g/mol. The summed E-state index contributed by atoms with van der Waals surface area (Å²) in [6.45, 7) is 0. The number of hydrogen-bond acceptors (Lipinski definition) is 4. The average molecular weight is 244 g/mol. The van der Waals surface area contributed by atoms with E-state index in [9.17, 15) is 9.59 Å². The molecular weight excluding hydrogens is 238 g/mol. The quantitative estimate of drug-likeness (QED) is 0.583. The van der Waals surface area contributed by atoms with Gasteiger partial charge >= 0.3 is 5.97 Å². The number of ether oxygens (including phenoxy) is 1. The van der Waals surface area contributed by atoms with Crippen LogP contribution in [0.25, 0.3) is 0 Å². The molecule has 0 amide bonds. The highest BCUT2D eigenvalue weighted by Gasteiger charge is 2.09. The highest BCUT2D eigenvalue weighted by Crippen LogP contribution is 2.12. The fourth-order valence-corrected chi connectivity index (χ4v) is 1.24. The van der Waals surface area contributed by atoms with Gasteiger partial charge in [0.2, 0.25) is 0 Å². The normalized spacial score (nSPS) is 9.38. The molecule has 0 unspecified atom stereocenters. The molecule has 0 saturated heterocycles. The van der Waals surface area contributed by atoms with Crippen LogP contribution in [0, 0.1) is 0 Å². The summed E-state index contributed by atoms with van der Waals surface area (Å²) in [4.78, 5) is 25.1. The van der Waals surface area contributed by atoms with Crippen LogP contribution in [0.4, 0.5) is 0 Å². The molecule has 0 N–H and O–H groups in total. The van der Waals surface area contributed by atoms with E-state index >= 15 is 0 Å². The molecule has 0 aliphatic heterocycles. The Hall–Kier alpha value is -1.23. The van der Waals surface area contributed by atoms with Crippen LogP contribution >= 0.6 is 15.9 Å². The van der Waals surface area contributed by atoms with Gasteiger partial charge in [-0.25, -0.2) is 9.78 Å². The Morgan fingerprint density at radius 2 is 2.31 bits per heavy atom. The van der Waals surface area contributed by atoms with Crippen molar-refractivity contribution in [1.82, 2.24) is 4.98 Å². The zero-order valence-corrected chi connectivity index (χ0v) is 8.37. The lowest BCUT2D eigenvalue weighted by Crippen LogP contribution is -2.05. The second-order valence-corrected chi connectivity index (χ2v) is 3.12. The molecule has 68 valence electrons. The summed E-state index contributed by atoms with van der Waals surface area (Å²) in [5.74, 6) is -0.565. The van der Waals surface area contributed by atoms with Gasteiger partial charge in [0.05, 0.1) is 7.11 Å². The number of carbonyl (C=O) groups is 2. The first-order valence-corrected chi connectivity index (χ1v) is 4.17. The summed E-state index contributed by atoms with van der Waals surface area (Å²) in [5, 5.41) is 0. The fourth-order valence-electron chi connectivity index (χ4n) is 0.787. The van der Waals surface area contributed by atoms with E-state index in [1.54, 1.807) is 0 Å². The molecule has 13 heavy (non-hydrogen) atoms. The van der Waals surface area contributed by atoms with Crippen LogP contribution in [0.1, 0.15) is 21.0 Å². The van der Waals surface area contributed by atoms with Crippen LogP contribution in [0.5, 0.6) is 0 Å². The number of aldehydes is 1. The van der Waals surface area contributed by atoms with E-state index < -0.39 is 5.97 Å². The van der Waals surface area contributed by atoms with Gasteiger partial charge < -0.3 is 4.74 Å². The van der Waals surface area contributed by atoms with Crippen LogP contribution in [0.3, 0.4) is 0 Å². The number of carbonyl (C=O) groups excluding carboxylic acids is 2. The summed E-state index contributed by atoms with van der Waals surface area (Å²) in [6.07, 6.45) is 0.567.